The molecule has 4 bridgehead atoms. The Morgan fingerprint density at radius 1 is 0.607 bits per heavy atom. The molecule has 0 aliphatic heterocycles. The summed E-state index contributed by atoms with van der Waals surface area (Å²) >= 11 is 10.4. The molecule has 4 fully saturated rings. The van der Waals surface area contributed by atoms with Crippen LogP contribution in [0.5, 0.6) is 0 Å². The molecule has 4 aliphatic carbocycles. The second-order valence-corrected chi connectivity index (χ2v) is 9.48. The van der Waals surface area contributed by atoms with Crippen molar-refractivity contribution in [2.45, 2.75) is 63.5 Å². The Morgan fingerprint density at radius 2 is 1.04 bits per heavy atom. The van der Waals surface area contributed by atoms with Crippen LogP contribution >= 0.6 is 24.4 Å². The maximum atomic E-state index is 11.9. The second-order valence-electron chi connectivity index (χ2n) is 8.67. The van der Waals surface area contributed by atoms with Gasteiger partial charge in [-0.1, -0.05) is 12.8 Å². The van der Waals surface area contributed by atoms with Crippen LogP contribution in [0.2, 0.25) is 0 Å². The van der Waals surface area contributed by atoms with E-state index in [1.54, 1.807) is 0 Å². The van der Waals surface area contributed by atoms with E-state index in [1.807, 2.05) is 0 Å². The van der Waals surface area contributed by atoms with Crippen molar-refractivity contribution >= 4 is 46.5 Å². The number of thiocarbonyl (C=S) groups is 2. The summed E-state index contributed by atoms with van der Waals surface area (Å²) in [6.07, 6.45) is 9.87. The topological polar surface area (TPSA) is 106 Å². The SMILES string of the molecule is O=C(NNC(=S)N[C@H]1C[C@H]2CC[C@@H]1C2)C(=O)NNC(=S)N[C@@H]1C[C@@H]2CC[C@@H]1C2. The van der Waals surface area contributed by atoms with Crippen LogP contribution in [0.1, 0.15) is 51.4 Å². The highest BCUT2D eigenvalue weighted by molar-refractivity contribution is 7.80. The normalized spacial score (nSPS) is 34.6. The van der Waals surface area contributed by atoms with Crippen LogP contribution in [0, 0.1) is 23.7 Å². The third-order valence-corrected chi connectivity index (χ3v) is 7.33. The summed E-state index contributed by atoms with van der Waals surface area (Å²) in [4.78, 5) is 23.8. The molecule has 0 aromatic rings. The molecule has 4 saturated carbocycles. The molecule has 6 atom stereocenters. The van der Waals surface area contributed by atoms with E-state index in [0.29, 0.717) is 34.1 Å². The molecule has 4 aliphatic rings. The van der Waals surface area contributed by atoms with Crippen molar-refractivity contribution in [3.8, 4) is 0 Å². The van der Waals surface area contributed by atoms with Gasteiger partial charge in [-0.05, 0) is 86.6 Å². The van der Waals surface area contributed by atoms with E-state index in [9.17, 15) is 9.59 Å². The number of amides is 2. The molecule has 0 spiro atoms. The van der Waals surface area contributed by atoms with Gasteiger partial charge in [0.05, 0.1) is 0 Å². The first-order valence-electron chi connectivity index (χ1n) is 10.2. The zero-order valence-corrected chi connectivity index (χ0v) is 17.4. The van der Waals surface area contributed by atoms with E-state index in [4.69, 9.17) is 24.4 Å². The molecule has 0 radical (unpaired) electrons. The van der Waals surface area contributed by atoms with Crippen LogP contribution in [-0.2, 0) is 9.59 Å². The van der Waals surface area contributed by atoms with Crippen molar-refractivity contribution in [2.24, 2.45) is 23.7 Å². The second kappa shape index (κ2) is 8.36. The number of hydrogen-bond acceptors (Lipinski definition) is 4. The Bertz CT molecular complexity index is 618. The predicted molar refractivity (Wildman–Crippen MR) is 112 cm³/mol. The summed E-state index contributed by atoms with van der Waals surface area (Å²) < 4.78 is 0. The van der Waals surface area contributed by atoms with Gasteiger partial charge in [0, 0.05) is 12.1 Å². The third kappa shape index (κ3) is 4.48. The molecule has 8 nitrogen and oxygen atoms in total. The number of carbonyl (C=O) groups excluding carboxylic acids is 2. The molecule has 28 heavy (non-hydrogen) atoms. The van der Waals surface area contributed by atoms with Gasteiger partial charge in [0.2, 0.25) is 0 Å². The van der Waals surface area contributed by atoms with Gasteiger partial charge in [-0.15, -0.1) is 0 Å². The molecule has 0 aromatic heterocycles. The van der Waals surface area contributed by atoms with Crippen LogP contribution in [0.25, 0.3) is 0 Å². The van der Waals surface area contributed by atoms with Crippen molar-refractivity contribution in [3.63, 3.8) is 0 Å². The predicted octanol–water partition coefficient (Wildman–Crippen LogP) is 0.354. The number of fused-ring (bicyclic) bond motifs is 4. The molecule has 154 valence electrons. The van der Waals surface area contributed by atoms with Gasteiger partial charge in [-0.25, -0.2) is 0 Å². The number of hydrogen-bond donors (Lipinski definition) is 6. The molecule has 0 unspecified atom stereocenters. The lowest BCUT2D eigenvalue weighted by Gasteiger charge is -2.25. The van der Waals surface area contributed by atoms with E-state index in [2.05, 4.69) is 32.3 Å². The van der Waals surface area contributed by atoms with Gasteiger partial charge >= 0.3 is 11.8 Å². The summed E-state index contributed by atoms with van der Waals surface area (Å²) in [6, 6.07) is 0.723. The van der Waals surface area contributed by atoms with Crippen LogP contribution in [0.4, 0.5) is 0 Å². The minimum Gasteiger partial charge on any atom is -0.358 e. The number of hydrazine groups is 2. The van der Waals surface area contributed by atoms with Gasteiger partial charge in [-0.3, -0.25) is 31.3 Å². The average molecular weight is 425 g/mol. The Morgan fingerprint density at radius 3 is 1.36 bits per heavy atom. The first-order valence-corrected chi connectivity index (χ1v) is 11.0. The average Bonchev–Trinajstić information content (AvgIpc) is 3.45. The van der Waals surface area contributed by atoms with Crippen LogP contribution in [0.15, 0.2) is 0 Å². The highest BCUT2D eigenvalue weighted by Crippen LogP contribution is 2.45. The maximum Gasteiger partial charge on any atom is 0.329 e. The monoisotopic (exact) mass is 424 g/mol. The number of carbonyl (C=O) groups is 2. The van der Waals surface area contributed by atoms with Gasteiger partial charge in [-0.2, -0.15) is 0 Å². The van der Waals surface area contributed by atoms with Gasteiger partial charge in [0.15, 0.2) is 10.2 Å². The Labute approximate surface area is 175 Å². The van der Waals surface area contributed by atoms with Gasteiger partial charge in [0.1, 0.15) is 0 Å². The van der Waals surface area contributed by atoms with Crippen LogP contribution in [-0.4, -0.2) is 34.1 Å². The highest BCUT2D eigenvalue weighted by Gasteiger charge is 2.40. The number of rotatable bonds is 2. The zero-order valence-electron chi connectivity index (χ0n) is 15.8. The molecular formula is C18H28N6O2S2. The summed E-state index contributed by atoms with van der Waals surface area (Å²) in [7, 11) is 0. The summed E-state index contributed by atoms with van der Waals surface area (Å²) in [6.45, 7) is 0. The first kappa shape index (κ1) is 19.6. The fourth-order valence-electron chi connectivity index (χ4n) is 5.59. The quantitative estimate of drug-likeness (QED) is 0.214. The summed E-state index contributed by atoms with van der Waals surface area (Å²) in [5, 5.41) is 7.14. The van der Waals surface area contributed by atoms with Crippen molar-refractivity contribution in [2.75, 3.05) is 0 Å². The molecule has 10 heteroatoms. The molecule has 6 N–H and O–H groups in total. The van der Waals surface area contributed by atoms with Crippen LogP contribution in [0.3, 0.4) is 0 Å². The van der Waals surface area contributed by atoms with Crippen molar-refractivity contribution in [1.82, 2.24) is 32.3 Å². The first-order chi connectivity index (χ1) is 13.5. The smallest absolute Gasteiger partial charge is 0.329 e. The lowest BCUT2D eigenvalue weighted by Crippen LogP contribution is -2.57. The van der Waals surface area contributed by atoms with E-state index < -0.39 is 11.8 Å². The van der Waals surface area contributed by atoms with E-state index in [0.717, 1.165) is 24.7 Å². The lowest BCUT2D eigenvalue weighted by atomic mass is 9.96. The fourth-order valence-corrected chi connectivity index (χ4v) is 6.00. The van der Waals surface area contributed by atoms with Crippen molar-refractivity contribution in [3.05, 3.63) is 0 Å². The van der Waals surface area contributed by atoms with Gasteiger partial charge in [0.25, 0.3) is 0 Å². The molecule has 2 amide bonds. The largest absolute Gasteiger partial charge is 0.358 e. The molecule has 4 rings (SSSR count). The standard InChI is InChI=1S/C18H28N6O2S2/c25-15(21-23-17(27)19-13-7-9-1-3-11(13)5-9)16(26)22-24-18(28)20-14-8-10-2-4-12(14)6-10/h9-14H,1-8H2,(H,21,25)(H,22,26)(H2,19,23,27)(H2,20,24,28)/t9-,10+,11-,12-,13-,14+/m1/s1. The fraction of sp³-hybridized carbons (Fsp3) is 0.778. The zero-order chi connectivity index (χ0) is 19.7. The van der Waals surface area contributed by atoms with Crippen molar-refractivity contribution in [1.29, 1.82) is 0 Å². The highest BCUT2D eigenvalue weighted by atomic mass is 32.1. The third-order valence-electron chi connectivity index (χ3n) is 6.89. The number of nitrogens with one attached hydrogen (secondary N) is 6. The minimum absolute atomic E-state index is 0.333. The van der Waals surface area contributed by atoms with Crippen molar-refractivity contribution < 1.29 is 9.59 Å². The molecular weight excluding hydrogens is 396 g/mol. The molecule has 0 aromatic carbocycles. The Hall–Kier alpha value is -1.68. The lowest BCUT2D eigenvalue weighted by molar-refractivity contribution is -0.139. The summed E-state index contributed by atoms with van der Waals surface area (Å²) in [5.74, 6) is 1.25. The van der Waals surface area contributed by atoms with E-state index in [-0.39, 0.29) is 0 Å². The minimum atomic E-state index is -0.840. The van der Waals surface area contributed by atoms with E-state index in [1.165, 1.54) is 38.5 Å². The summed E-state index contributed by atoms with van der Waals surface area (Å²) in [5.41, 5.74) is 9.82. The molecule has 0 saturated heterocycles. The molecule has 0 heterocycles. The Balaban J connectivity index is 1.10. The van der Waals surface area contributed by atoms with Gasteiger partial charge < -0.3 is 10.6 Å². The Kier molecular flexibility index (Phi) is 5.86. The van der Waals surface area contributed by atoms with E-state index >= 15 is 0 Å². The maximum absolute atomic E-state index is 11.9. The van der Waals surface area contributed by atoms with Crippen LogP contribution < -0.4 is 32.3 Å².